The molecule has 3 N–H and O–H groups in total. The molecule has 0 spiro atoms. The monoisotopic (exact) mass is 1360 g/mol. The molecule has 17 nitrogen and oxygen atoms in total. The molecule has 98 heavy (non-hydrogen) atoms. The number of rotatable bonds is 36. The van der Waals surface area contributed by atoms with Crippen LogP contribution in [-0.2, 0) is 30.5 Å². The van der Waals surface area contributed by atoms with Crippen molar-refractivity contribution in [2.75, 3.05) is 113 Å². The lowest BCUT2D eigenvalue weighted by Crippen LogP contribution is -2.23. The first-order valence-corrected chi connectivity index (χ1v) is 34.2. The first-order valence-electron chi connectivity index (χ1n) is 34.2. The van der Waals surface area contributed by atoms with Crippen molar-refractivity contribution < 1.29 is 46.3 Å². The van der Waals surface area contributed by atoms with E-state index in [1.807, 2.05) is 94.0 Å². The molecule has 0 unspecified atom stereocenters. The number of alkyl halides is 3. The van der Waals surface area contributed by atoms with Gasteiger partial charge in [-0.15, -0.1) is 0 Å². The molecule has 0 bridgehead atoms. The van der Waals surface area contributed by atoms with Crippen LogP contribution in [0, 0.1) is 18.8 Å². The summed E-state index contributed by atoms with van der Waals surface area (Å²) in [4.78, 5) is 9.03. The van der Waals surface area contributed by atoms with Crippen LogP contribution in [0.3, 0.4) is 0 Å². The van der Waals surface area contributed by atoms with Crippen molar-refractivity contribution in [3.05, 3.63) is 156 Å². The second kappa shape index (κ2) is 42.7. The predicted octanol–water partition coefficient (Wildman–Crippen LogP) is 17.7. The van der Waals surface area contributed by atoms with Gasteiger partial charge in [0.15, 0.2) is 0 Å². The van der Waals surface area contributed by atoms with E-state index in [4.69, 9.17) is 33.2 Å². The standard InChI is InChI=1S/C30H41N3O4.C25H34N4O2.C21H30F3N3O.2CH4/c1-3-4-16-33(2)23-26-22-31-32-30(26)25-5-7-27(8-6-25)36-20-21-37-29-11-9-28(10-12-29)35-19-15-24-13-17-34-18-14-24;1-5-6-14-28(2)19-21-18-26-27-25(21)20-10-12-22(13-11-20)29(3)15-16-31-24-9-7-8-23(17-24)30-4;1-6-7-8-27(5)12-17-11-25-26-19(17)16-9-15(4)20(28-13-14(2)3)18(10-16)21(22,23)24;;/h5-12,22,24H,3-4,13-21,23H2,1-2H3,(H,31,32);7-13,17-18H,5-6,14-16,19H2,1-4H3,(H,26,27);9-11,14H,6-8,12-13H2,1-5H3,(H,25,26);2*1H4. The summed E-state index contributed by atoms with van der Waals surface area (Å²) in [6, 6.07) is 35.1. The highest BCUT2D eigenvalue weighted by Gasteiger charge is 2.36. The number of ether oxygens (including phenoxy) is 7. The summed E-state index contributed by atoms with van der Waals surface area (Å²) in [5.74, 6) is 4.90. The molecule has 5 aromatic carbocycles. The van der Waals surface area contributed by atoms with E-state index in [0.717, 1.165) is 166 Å². The topological polar surface area (TPSA) is 164 Å². The zero-order chi connectivity index (χ0) is 68.7. The molecule has 8 aromatic rings. The van der Waals surface area contributed by atoms with Gasteiger partial charge in [0.2, 0.25) is 0 Å². The van der Waals surface area contributed by atoms with Crippen molar-refractivity contribution in [1.29, 1.82) is 0 Å². The number of likely N-dealkylation sites (N-methyl/N-ethyl adjacent to an activating group) is 1. The van der Waals surface area contributed by atoms with E-state index in [1.54, 1.807) is 26.3 Å². The number of unbranched alkanes of at least 4 members (excludes halogenated alkanes) is 3. The van der Waals surface area contributed by atoms with Gasteiger partial charge >= 0.3 is 6.18 Å². The molecule has 20 heteroatoms. The molecule has 0 aliphatic carbocycles. The Morgan fingerprint density at radius 1 is 0.531 bits per heavy atom. The van der Waals surface area contributed by atoms with Gasteiger partial charge in [-0.2, -0.15) is 28.5 Å². The molecule has 0 saturated carbocycles. The van der Waals surface area contributed by atoms with E-state index in [0.29, 0.717) is 43.2 Å². The lowest BCUT2D eigenvalue weighted by atomic mass is 9.97. The van der Waals surface area contributed by atoms with Crippen LogP contribution < -0.4 is 33.3 Å². The summed E-state index contributed by atoms with van der Waals surface area (Å²) < 4.78 is 80.8. The number of nitrogens with zero attached hydrogens (tertiary/aromatic N) is 7. The molecule has 4 heterocycles. The molecule has 0 radical (unpaired) electrons. The Bertz CT molecular complexity index is 3440. The quantitative estimate of drug-likeness (QED) is 0.0318. The van der Waals surface area contributed by atoms with Gasteiger partial charge < -0.3 is 52.8 Å². The Kier molecular flexibility index (Phi) is 35.1. The van der Waals surface area contributed by atoms with E-state index < -0.39 is 11.7 Å². The number of benzene rings is 5. The van der Waals surface area contributed by atoms with Crippen molar-refractivity contribution in [1.82, 2.24) is 45.3 Å². The largest absolute Gasteiger partial charge is 0.497 e. The van der Waals surface area contributed by atoms with E-state index in [-0.39, 0.29) is 33.1 Å². The minimum absolute atomic E-state index is 0. The van der Waals surface area contributed by atoms with Gasteiger partial charge in [0.1, 0.15) is 54.3 Å². The zero-order valence-electron chi connectivity index (χ0n) is 58.7. The maximum Gasteiger partial charge on any atom is 0.419 e. The number of H-pyrrole nitrogens is 3. The number of anilines is 1. The van der Waals surface area contributed by atoms with Gasteiger partial charge in [-0.05, 0) is 189 Å². The smallest absolute Gasteiger partial charge is 0.419 e. The van der Waals surface area contributed by atoms with Crippen LogP contribution in [0.1, 0.15) is 135 Å². The number of methoxy groups -OCH3 is 1. The number of aryl methyl sites for hydroxylation is 1. The molecule has 9 rings (SSSR count). The average Bonchev–Trinajstić information content (AvgIpc) is 1.26. The molecule has 1 saturated heterocycles. The molecule has 1 fully saturated rings. The number of hydrogen-bond donors (Lipinski definition) is 3. The molecule has 0 amide bonds. The summed E-state index contributed by atoms with van der Waals surface area (Å²) in [7, 11) is 10.1. The molecular weight excluding hydrogens is 1250 g/mol. The summed E-state index contributed by atoms with van der Waals surface area (Å²) in [5.41, 5.74) is 9.69. The van der Waals surface area contributed by atoms with E-state index in [2.05, 4.69) is 129 Å². The minimum atomic E-state index is -4.49. The molecule has 1 aliphatic rings. The van der Waals surface area contributed by atoms with Gasteiger partial charge in [-0.3, -0.25) is 15.3 Å². The minimum Gasteiger partial charge on any atom is -0.497 e. The summed E-state index contributed by atoms with van der Waals surface area (Å²) in [5, 5.41) is 21.8. The third-order valence-corrected chi connectivity index (χ3v) is 16.6. The molecular formula is C78H113F3N10O7. The van der Waals surface area contributed by atoms with Gasteiger partial charge in [0.05, 0.1) is 68.1 Å². The Labute approximate surface area is 583 Å². The third-order valence-electron chi connectivity index (χ3n) is 16.6. The molecule has 3 aromatic heterocycles. The second-order valence-corrected chi connectivity index (χ2v) is 25.3. The Balaban J connectivity index is 0.000000266. The first kappa shape index (κ1) is 80.6. The highest BCUT2D eigenvalue weighted by atomic mass is 19.4. The molecule has 538 valence electrons. The zero-order valence-corrected chi connectivity index (χ0v) is 58.7. The summed E-state index contributed by atoms with van der Waals surface area (Å²) in [6.07, 6.45) is 11.4. The lowest BCUT2D eigenvalue weighted by molar-refractivity contribution is -0.139. The highest BCUT2D eigenvalue weighted by Crippen LogP contribution is 2.42. The second-order valence-electron chi connectivity index (χ2n) is 25.3. The molecule has 1 aliphatic heterocycles. The van der Waals surface area contributed by atoms with Crippen LogP contribution in [0.5, 0.6) is 34.5 Å². The van der Waals surface area contributed by atoms with Gasteiger partial charge in [-0.25, -0.2) is 0 Å². The van der Waals surface area contributed by atoms with Gasteiger partial charge in [-0.1, -0.05) is 86.9 Å². The van der Waals surface area contributed by atoms with Gasteiger partial charge in [0, 0.05) is 85.0 Å². The maximum atomic E-state index is 13.7. The Morgan fingerprint density at radius 3 is 1.43 bits per heavy atom. The number of nitrogens with one attached hydrogen (secondary N) is 3. The lowest BCUT2D eigenvalue weighted by Gasteiger charge is -2.21. The maximum absolute atomic E-state index is 13.7. The van der Waals surface area contributed by atoms with E-state index in [1.165, 1.54) is 36.8 Å². The third kappa shape index (κ3) is 26.7. The fraction of sp³-hybridized carbons (Fsp3) is 0.500. The molecule has 0 atom stereocenters. The van der Waals surface area contributed by atoms with E-state index in [9.17, 15) is 13.2 Å². The summed E-state index contributed by atoms with van der Waals surface area (Å²) in [6.45, 7) is 22.6. The van der Waals surface area contributed by atoms with Gasteiger partial charge in [0.25, 0.3) is 0 Å². The Hall–Kier alpha value is -8.04. The van der Waals surface area contributed by atoms with Crippen molar-refractivity contribution in [2.45, 2.75) is 140 Å². The first-order chi connectivity index (χ1) is 46.4. The van der Waals surface area contributed by atoms with Crippen LogP contribution in [0.15, 0.2) is 128 Å². The number of hydrogen-bond acceptors (Lipinski definition) is 14. The van der Waals surface area contributed by atoms with Crippen LogP contribution in [0.4, 0.5) is 18.9 Å². The van der Waals surface area contributed by atoms with E-state index >= 15 is 0 Å². The van der Waals surface area contributed by atoms with Crippen LogP contribution >= 0.6 is 0 Å². The Morgan fingerprint density at radius 2 is 0.969 bits per heavy atom. The van der Waals surface area contributed by atoms with Crippen molar-refractivity contribution in [2.24, 2.45) is 11.8 Å². The van der Waals surface area contributed by atoms with Crippen LogP contribution in [-0.4, -0.2) is 153 Å². The average molecular weight is 1360 g/mol. The predicted molar refractivity (Wildman–Crippen MR) is 392 cm³/mol. The fourth-order valence-electron chi connectivity index (χ4n) is 11.1. The normalized spacial score (nSPS) is 12.3. The van der Waals surface area contributed by atoms with Crippen molar-refractivity contribution in [3.8, 4) is 68.3 Å². The van der Waals surface area contributed by atoms with Crippen LogP contribution in [0.2, 0.25) is 0 Å². The summed E-state index contributed by atoms with van der Waals surface area (Å²) >= 11 is 0. The van der Waals surface area contributed by atoms with Crippen molar-refractivity contribution >= 4 is 5.69 Å². The highest BCUT2D eigenvalue weighted by molar-refractivity contribution is 5.68. The van der Waals surface area contributed by atoms with Crippen molar-refractivity contribution in [3.63, 3.8) is 0 Å². The number of halogens is 3. The number of aromatic amines is 3. The number of aromatic nitrogens is 6. The van der Waals surface area contributed by atoms with Crippen LogP contribution in [0.25, 0.3) is 33.8 Å². The SMILES string of the molecule is C.C.CCCCN(C)Cc1cn[nH]c1-c1cc(C)c(OCC(C)C)c(C(F)(F)F)c1.CCCCN(C)Cc1cn[nH]c1-c1ccc(N(C)CCOc2cccc(OC)c2)cc1.CCCCN(C)Cc1cn[nH]c1-c1ccc(OCCOc2ccc(OCCC3CCOCC3)cc2)cc1. The fourth-order valence-corrected chi connectivity index (χ4v) is 11.1.